The topological polar surface area (TPSA) is 157 Å². The summed E-state index contributed by atoms with van der Waals surface area (Å²) in [6, 6.07) is 18.6. The number of thiocarbonyl (C=S) groups is 1. The SMILES string of the molecule is CCCCCCN(CCCCCC)c1ccnc(-c2cc(C(F)(F)F)n[n-]2)c1.Cc1ccc(C#Cc2ccnc(-c3cc(OC=O)cc(-c4cc(OC=O)ccn4)n3)c2)s1.[N-]=C=S.[Ru+2]. The Balaban J connectivity index is 0.000000319. The fraction of sp³-hybridized carbons (Fsp3) is 0.304. The van der Waals surface area contributed by atoms with E-state index in [1.807, 2.05) is 43.3 Å². The van der Waals surface area contributed by atoms with Crippen molar-refractivity contribution < 1.29 is 51.7 Å². The first-order valence-electron chi connectivity index (χ1n) is 20.1. The molecule has 334 valence electrons. The smallest absolute Gasteiger partial charge is 0.753 e. The molecule has 0 fully saturated rings. The zero-order valence-corrected chi connectivity index (χ0v) is 38.7. The van der Waals surface area contributed by atoms with Crippen LogP contribution in [0, 0.1) is 18.8 Å². The van der Waals surface area contributed by atoms with E-state index in [1.54, 1.807) is 48.0 Å². The quantitative estimate of drug-likeness (QED) is 0.0201. The number of unbranched alkanes of at least 4 members (excludes halogenated alkanes) is 6. The Bertz CT molecular complexity index is 2470. The zero-order chi connectivity index (χ0) is 45.5. The molecular formula is C46H45F3N8O4RuS2. The van der Waals surface area contributed by atoms with Gasteiger partial charge in [0.1, 0.15) is 17.2 Å². The van der Waals surface area contributed by atoms with Crippen LogP contribution < -0.4 is 19.5 Å². The van der Waals surface area contributed by atoms with Crippen LogP contribution in [0.15, 0.2) is 85.3 Å². The number of alkyl halides is 3. The van der Waals surface area contributed by atoms with E-state index >= 15 is 0 Å². The van der Waals surface area contributed by atoms with Crippen molar-refractivity contribution in [3.05, 3.63) is 112 Å². The molecule has 0 aromatic carbocycles. The normalized spacial score (nSPS) is 10.3. The van der Waals surface area contributed by atoms with Gasteiger partial charge < -0.3 is 30.0 Å². The molecule has 0 radical (unpaired) electrons. The van der Waals surface area contributed by atoms with Gasteiger partial charge in [0.15, 0.2) is 0 Å². The molecule has 0 unspecified atom stereocenters. The number of hydrogen-bond donors (Lipinski definition) is 0. The van der Waals surface area contributed by atoms with Crippen LogP contribution in [0.1, 0.15) is 86.2 Å². The van der Waals surface area contributed by atoms with E-state index in [9.17, 15) is 22.8 Å². The molecule has 0 saturated heterocycles. The van der Waals surface area contributed by atoms with Crippen molar-refractivity contribution in [3.8, 4) is 57.5 Å². The Morgan fingerprint density at radius 2 is 1.33 bits per heavy atom. The number of pyridine rings is 4. The summed E-state index contributed by atoms with van der Waals surface area (Å²) in [5.41, 5.74) is 3.23. The third-order valence-corrected chi connectivity index (χ3v) is 9.93. The Morgan fingerprint density at radius 1 is 0.750 bits per heavy atom. The molecule has 0 saturated carbocycles. The monoisotopic (exact) mass is 996 g/mol. The maximum absolute atomic E-state index is 12.8. The van der Waals surface area contributed by atoms with E-state index in [0.717, 1.165) is 48.1 Å². The molecule has 6 aromatic heterocycles. The van der Waals surface area contributed by atoms with Crippen molar-refractivity contribution in [2.24, 2.45) is 0 Å². The summed E-state index contributed by atoms with van der Waals surface area (Å²) in [4.78, 5) is 43.5. The molecule has 0 aliphatic carbocycles. The minimum Gasteiger partial charge on any atom is -0.753 e. The van der Waals surface area contributed by atoms with Crippen LogP contribution in [-0.4, -0.2) is 56.2 Å². The molecule has 0 bridgehead atoms. The second kappa shape index (κ2) is 27.9. The summed E-state index contributed by atoms with van der Waals surface area (Å²) in [6.07, 6.45) is 9.66. The molecule has 6 rings (SSSR count). The molecule has 64 heavy (non-hydrogen) atoms. The molecule has 0 spiro atoms. The Labute approximate surface area is 392 Å². The number of hydrogen-bond acceptors (Lipinski definition) is 12. The van der Waals surface area contributed by atoms with Gasteiger partial charge in [0.2, 0.25) is 0 Å². The van der Waals surface area contributed by atoms with Crippen molar-refractivity contribution in [1.29, 1.82) is 0 Å². The summed E-state index contributed by atoms with van der Waals surface area (Å²) < 4.78 is 48.3. The Hall–Kier alpha value is -5.98. The van der Waals surface area contributed by atoms with Crippen LogP contribution in [0.2, 0.25) is 0 Å². The first kappa shape index (κ1) is 52.4. The predicted molar refractivity (Wildman–Crippen MR) is 241 cm³/mol. The molecule has 6 aromatic rings. The summed E-state index contributed by atoms with van der Waals surface area (Å²) in [7, 11) is 0. The number of aromatic nitrogens is 6. The van der Waals surface area contributed by atoms with Gasteiger partial charge in [-0.2, -0.15) is 18.3 Å². The van der Waals surface area contributed by atoms with E-state index in [4.69, 9.17) is 14.9 Å². The summed E-state index contributed by atoms with van der Waals surface area (Å²) >= 11 is 5.33. The number of aryl methyl sites for hydroxylation is 1. The van der Waals surface area contributed by atoms with Gasteiger partial charge in [-0.05, 0) is 68.3 Å². The summed E-state index contributed by atoms with van der Waals surface area (Å²) in [5, 5.41) is 15.4. The third kappa shape index (κ3) is 17.3. The molecule has 18 heteroatoms. The standard InChI is InChI=1S/C24H15N3O4S.C21H30F3N4.CNS.Ru/c1-16-2-4-20(32-16)5-3-17-6-8-25-21(10-17)23-12-19(31-15-29)13-24(27-23)22-11-18(30-14-28)7-9-26-22;1-3-5-7-9-13-28(14-10-8-6-4-2)17-11-12-25-18(15-17)19-16-20(27-26-19)21(22,23)24;2-1-3;/h2,4,6-15H,1H3;11-12,15-16H,3-10,13-14H2,1-2H3;;/q;2*-1;+2. The number of ether oxygens (including phenoxy) is 2. The molecular weight excluding hydrogens is 951 g/mol. The average molecular weight is 996 g/mol. The van der Waals surface area contributed by atoms with Gasteiger partial charge >= 0.3 is 25.7 Å². The van der Waals surface area contributed by atoms with Crippen molar-refractivity contribution in [2.45, 2.75) is 78.3 Å². The van der Waals surface area contributed by atoms with Crippen LogP contribution >= 0.6 is 23.6 Å². The fourth-order valence-corrected chi connectivity index (χ4v) is 6.72. The molecule has 0 aliphatic heterocycles. The number of carbonyl (C=O) groups is 2. The Kier molecular flexibility index (Phi) is 22.9. The summed E-state index contributed by atoms with van der Waals surface area (Å²) in [6.45, 7) is 8.96. The van der Waals surface area contributed by atoms with Crippen LogP contribution in [0.5, 0.6) is 11.5 Å². The van der Waals surface area contributed by atoms with Crippen molar-refractivity contribution in [1.82, 2.24) is 30.1 Å². The number of carbonyl (C=O) groups excluding carboxylic acids is 2. The third-order valence-electron chi connectivity index (χ3n) is 9.02. The second-order valence-electron chi connectivity index (χ2n) is 13.7. The van der Waals surface area contributed by atoms with Gasteiger partial charge in [0.25, 0.3) is 12.9 Å². The minimum absolute atomic E-state index is 0. The van der Waals surface area contributed by atoms with Crippen LogP contribution in [0.3, 0.4) is 0 Å². The van der Waals surface area contributed by atoms with Gasteiger partial charge in [0.05, 0.1) is 33.3 Å². The zero-order valence-electron chi connectivity index (χ0n) is 35.3. The van der Waals surface area contributed by atoms with Gasteiger partial charge in [-0.15, -0.1) is 11.3 Å². The molecule has 0 atom stereocenters. The number of halogens is 3. The van der Waals surface area contributed by atoms with E-state index in [1.165, 1.54) is 54.8 Å². The van der Waals surface area contributed by atoms with E-state index < -0.39 is 11.9 Å². The van der Waals surface area contributed by atoms with Crippen molar-refractivity contribution in [2.75, 3.05) is 18.0 Å². The van der Waals surface area contributed by atoms with Crippen molar-refractivity contribution in [3.63, 3.8) is 0 Å². The first-order chi connectivity index (χ1) is 30.5. The number of isothiocyanates is 1. The average Bonchev–Trinajstić information content (AvgIpc) is 3.96. The maximum atomic E-state index is 12.8. The van der Waals surface area contributed by atoms with Gasteiger partial charge in [0, 0.05) is 66.0 Å². The number of anilines is 1. The summed E-state index contributed by atoms with van der Waals surface area (Å²) in [5.74, 6) is 6.87. The van der Waals surface area contributed by atoms with Gasteiger partial charge in [-0.25, -0.2) is 4.98 Å². The van der Waals surface area contributed by atoms with E-state index in [0.29, 0.717) is 47.2 Å². The van der Waals surface area contributed by atoms with E-state index in [-0.39, 0.29) is 30.9 Å². The fourth-order valence-electron chi connectivity index (χ4n) is 6.00. The Morgan fingerprint density at radius 3 is 1.91 bits per heavy atom. The van der Waals surface area contributed by atoms with Gasteiger partial charge in [-0.1, -0.05) is 82.1 Å². The molecule has 0 amide bonds. The largest absolute Gasteiger partial charge is 2.00 e. The number of nitrogens with zero attached hydrogens (tertiary/aromatic N) is 8. The maximum Gasteiger partial charge on any atom is 2.00 e. The van der Waals surface area contributed by atoms with Crippen LogP contribution in [0.25, 0.3) is 39.6 Å². The number of rotatable bonds is 18. The number of thiophene rings is 1. The van der Waals surface area contributed by atoms with Crippen LogP contribution in [0.4, 0.5) is 18.9 Å². The second-order valence-corrected chi connectivity index (χ2v) is 15.2. The van der Waals surface area contributed by atoms with E-state index in [2.05, 4.69) is 72.9 Å². The van der Waals surface area contributed by atoms with Crippen molar-refractivity contribution >= 4 is 47.3 Å². The molecule has 12 nitrogen and oxygen atoms in total. The molecule has 6 heterocycles. The minimum atomic E-state index is -4.49. The molecule has 0 aliphatic rings. The predicted octanol–water partition coefficient (Wildman–Crippen LogP) is 10.8. The van der Waals surface area contributed by atoms with Gasteiger partial charge in [-0.3, -0.25) is 24.5 Å². The van der Waals surface area contributed by atoms with Crippen LogP contribution in [-0.2, 0) is 35.2 Å². The first-order valence-corrected chi connectivity index (χ1v) is 21.3. The molecule has 0 N–H and O–H groups in total.